The third kappa shape index (κ3) is 17.6. The van der Waals surface area contributed by atoms with Crippen LogP contribution in [-0.4, -0.2) is 173 Å². The molecule has 0 N–H and O–H groups in total. The Balaban J connectivity index is 1.69. The average Bonchev–Trinajstić information content (AvgIpc) is 3.31. The molecule has 0 aliphatic carbocycles. The number of nitrogens with zero attached hydrogens (tertiary/aromatic N) is 1. The van der Waals surface area contributed by atoms with Crippen molar-refractivity contribution in [2.75, 3.05) is 6.54 Å². The van der Waals surface area contributed by atoms with Gasteiger partial charge < -0.3 is 82.3 Å². The fraction of sp³-hybridized carbons (Fsp3) is 0.765. The van der Waals surface area contributed by atoms with E-state index in [9.17, 15) is 9.59 Å². The molecule has 23 nitrogen and oxygen atoms in total. The molecule has 2 amide bonds. The number of rotatable bonds is 22. The van der Waals surface area contributed by atoms with Crippen LogP contribution in [0.15, 0.2) is 24.3 Å². The van der Waals surface area contributed by atoms with Crippen molar-refractivity contribution in [3.8, 4) is 0 Å². The zero-order chi connectivity index (χ0) is 55.9. The van der Waals surface area contributed by atoms with Gasteiger partial charge in [0.05, 0.1) is 11.1 Å². The van der Waals surface area contributed by atoms with Crippen molar-refractivity contribution in [1.82, 2.24) is 4.90 Å². The fourth-order valence-electron chi connectivity index (χ4n) is 7.53. The standard InChI is InChI=1S/C34H83NO22Si17/c1-60(2,3)38-58-39-68(42-61(4,5)6)49-71(45-64(13,14)15)50-69(43-62(7,8)9)40-59-41-70(44-63(10,11)12)52-72(51-69,46-65(16,17)18)56-73(55-71,47-66(19,20)21)57-74(53-68,54-70)48-67(22,23)30-26-29-35-33(36)31-27-24-25-28-32(31)34(35)37/h24-25,27-28H,26,29-30,58-59H2,1-23H3. The molecule has 0 saturated carbocycles. The summed E-state index contributed by atoms with van der Waals surface area (Å²) in [5.74, 6) is -0.728. The fourth-order valence-corrected chi connectivity index (χ4v) is 70.1. The zero-order valence-electron chi connectivity index (χ0n) is 47.8. The molecule has 5 aliphatic rings. The predicted octanol–water partition coefficient (Wildman–Crippen LogP) is 6.16. The number of hydrogen-bond acceptors (Lipinski definition) is 22. The summed E-state index contributed by atoms with van der Waals surface area (Å²) < 4.78 is 145. The van der Waals surface area contributed by atoms with E-state index in [-0.39, 0.29) is 18.4 Å². The Labute approximate surface area is 460 Å². The van der Waals surface area contributed by atoms with Crippen molar-refractivity contribution in [2.45, 2.75) is 163 Å². The van der Waals surface area contributed by atoms with Crippen molar-refractivity contribution < 1.29 is 91.9 Å². The van der Waals surface area contributed by atoms with Crippen molar-refractivity contribution in [2.24, 2.45) is 0 Å². The number of carbonyl (C=O) groups excluding carboxylic acids is 2. The maximum absolute atomic E-state index is 13.6. The smallest absolute Gasteiger partial charge is 0.441 e. The van der Waals surface area contributed by atoms with Crippen molar-refractivity contribution in [3.05, 3.63) is 35.4 Å². The highest BCUT2D eigenvalue weighted by Gasteiger charge is 2.87. The monoisotopic (exact) mass is 1330 g/mol. The van der Waals surface area contributed by atoms with Crippen molar-refractivity contribution in [3.63, 3.8) is 0 Å². The van der Waals surface area contributed by atoms with Crippen LogP contribution in [0.5, 0.6) is 0 Å². The van der Waals surface area contributed by atoms with Gasteiger partial charge in [-0.05, 0) is 175 Å². The van der Waals surface area contributed by atoms with Gasteiger partial charge in [0.25, 0.3) is 31.8 Å². The maximum atomic E-state index is 13.6. The van der Waals surface area contributed by atoms with E-state index < -0.39 is 150 Å². The molecule has 6 bridgehead atoms. The molecule has 6 rings (SSSR count). The lowest BCUT2D eigenvalue weighted by Crippen LogP contribution is -2.88. The molecule has 7 unspecified atom stereocenters. The molecular weight excluding hydrogens is 1250 g/mol. The van der Waals surface area contributed by atoms with Crippen LogP contribution in [0.25, 0.3) is 0 Å². The van der Waals surface area contributed by atoms with E-state index >= 15 is 0 Å². The SMILES string of the molecule is C[Si](C)(C)O[SiH2]O[Si]1(O[Si](C)(C)C)O[Si]2(O[Si](C)(C)C)O[Si]3(O[Si](C)(C)C)O[SiH2]O[Si]4(O[Si](C)(C)C)O[Si](O[Si](C)(C)C)(O3)O[Si](O[Si](C)(C)C)(O2)O[Si](O[Si](C)(C)CCCN2C(=O)c3ccccc3C2=O)(O1)O4. The Kier molecular flexibility index (Phi) is 19.0. The van der Waals surface area contributed by atoms with Crippen LogP contribution in [0.2, 0.25) is 157 Å². The lowest BCUT2D eigenvalue weighted by molar-refractivity contribution is -0.0957. The number of carbonyl (C=O) groups is 2. The molecule has 4 saturated heterocycles. The van der Waals surface area contributed by atoms with Crippen LogP contribution in [-0.2, 0) is 82.3 Å². The summed E-state index contributed by atoms with van der Waals surface area (Å²) in [6, 6.07) is 7.13. The first kappa shape index (κ1) is 64.4. The minimum Gasteiger partial charge on any atom is -0.441 e. The summed E-state index contributed by atoms with van der Waals surface area (Å²) in [4.78, 5) is 28.4. The van der Waals surface area contributed by atoms with E-state index in [4.69, 9.17) is 82.3 Å². The van der Waals surface area contributed by atoms with Crippen LogP contribution in [0.4, 0.5) is 0 Å². The third-order valence-corrected chi connectivity index (χ3v) is 62.5. The summed E-state index contributed by atoms with van der Waals surface area (Å²) in [6.07, 6.45) is 0.335. The summed E-state index contributed by atoms with van der Waals surface area (Å²) in [6.45, 7) is 45.2. The Morgan fingerprint density at radius 3 is 1.12 bits per heavy atom. The minimum atomic E-state index is -5.32. The number of amides is 2. The second-order valence-electron chi connectivity index (χ2n) is 25.9. The Hall–Kier alpha value is 1.25. The van der Waals surface area contributed by atoms with Gasteiger partial charge in [0.1, 0.15) is 0 Å². The quantitative estimate of drug-likeness (QED) is 0.0937. The van der Waals surface area contributed by atoms with Crippen molar-refractivity contribution >= 4 is 162 Å². The normalized spacial score (nSPS) is 33.2. The third-order valence-electron chi connectivity index (χ3n) is 9.48. The molecule has 5 aliphatic heterocycles. The molecule has 0 radical (unpaired) electrons. The molecule has 40 heteroatoms. The molecule has 0 spiro atoms. The average molecular weight is 1340 g/mol. The molecule has 424 valence electrons. The predicted molar refractivity (Wildman–Crippen MR) is 311 cm³/mol. The van der Waals surface area contributed by atoms with Crippen LogP contribution >= 0.6 is 0 Å². The van der Waals surface area contributed by atoms with Crippen molar-refractivity contribution in [1.29, 1.82) is 0 Å². The van der Waals surface area contributed by atoms with E-state index in [1.165, 1.54) is 4.90 Å². The molecule has 0 aromatic heterocycles. The first-order valence-corrected chi connectivity index (χ1v) is 65.6. The van der Waals surface area contributed by atoms with E-state index in [1.54, 1.807) is 24.3 Å². The second-order valence-corrected chi connectivity index (χ2v) is 84.7. The highest BCUT2D eigenvalue weighted by atomic mass is 28.7. The minimum absolute atomic E-state index is 0.104. The van der Waals surface area contributed by atoms with E-state index in [0.29, 0.717) is 23.6 Å². The lowest BCUT2D eigenvalue weighted by atomic mass is 10.1. The first-order chi connectivity index (χ1) is 33.1. The Morgan fingerprint density at radius 2 is 0.770 bits per heavy atom. The summed E-state index contributed by atoms with van der Waals surface area (Å²) in [7, 11) is -63.1. The molecule has 74 heavy (non-hydrogen) atoms. The van der Waals surface area contributed by atoms with Gasteiger partial charge >= 0.3 is 63.3 Å². The van der Waals surface area contributed by atoms with E-state index in [0.717, 1.165) is 0 Å². The number of benzene rings is 1. The second kappa shape index (κ2) is 21.8. The van der Waals surface area contributed by atoms with Gasteiger partial charge in [0.2, 0.25) is 0 Å². The molecule has 7 atom stereocenters. The highest BCUT2D eigenvalue weighted by molar-refractivity contribution is 7.01. The van der Waals surface area contributed by atoms with Gasteiger partial charge in [-0.1, -0.05) is 12.1 Å². The van der Waals surface area contributed by atoms with Crippen LogP contribution in [0, 0.1) is 0 Å². The molecular formula is C34H83NO22Si17. The Morgan fingerprint density at radius 1 is 0.446 bits per heavy atom. The van der Waals surface area contributed by atoms with E-state index in [2.05, 4.69) is 0 Å². The van der Waals surface area contributed by atoms with Gasteiger partial charge in [-0.25, -0.2) is 0 Å². The molecule has 4 fully saturated rings. The van der Waals surface area contributed by atoms with Gasteiger partial charge in [-0.3, -0.25) is 14.5 Å². The summed E-state index contributed by atoms with van der Waals surface area (Å²) in [5.41, 5.74) is 0.718. The summed E-state index contributed by atoms with van der Waals surface area (Å²) >= 11 is 0. The van der Waals surface area contributed by atoms with E-state index in [1.807, 2.05) is 151 Å². The van der Waals surface area contributed by atoms with Crippen LogP contribution < -0.4 is 0 Å². The molecule has 1 aromatic rings. The number of hydrogen-bond donors (Lipinski definition) is 0. The highest BCUT2D eigenvalue weighted by Crippen LogP contribution is 2.49. The van der Waals surface area contributed by atoms with Gasteiger partial charge in [0, 0.05) is 6.54 Å². The van der Waals surface area contributed by atoms with Gasteiger partial charge in [0.15, 0.2) is 66.5 Å². The zero-order valence-corrected chi connectivity index (χ0v) is 65.6. The number of fused-ring (bicyclic) bond motifs is 5. The van der Waals surface area contributed by atoms with Crippen LogP contribution in [0.1, 0.15) is 27.1 Å². The van der Waals surface area contributed by atoms with Gasteiger partial charge in [-0.15, -0.1) is 0 Å². The van der Waals surface area contributed by atoms with Crippen LogP contribution in [0.3, 0.4) is 0 Å². The Bertz CT molecular complexity index is 2190. The van der Waals surface area contributed by atoms with Gasteiger partial charge in [-0.2, -0.15) is 0 Å². The first-order valence-electron chi connectivity index (χ1n) is 24.9. The molecule has 5 heterocycles. The molecule has 1 aromatic carbocycles. The topological polar surface area (TPSA) is 222 Å². The lowest BCUT2D eigenvalue weighted by Gasteiger charge is -2.57. The number of imide groups is 1. The summed E-state index contributed by atoms with van der Waals surface area (Å²) in [5, 5.41) is 0. The maximum Gasteiger partial charge on any atom is 0.651 e. The largest absolute Gasteiger partial charge is 0.651 e.